The molecule has 0 amide bonds. The van der Waals surface area contributed by atoms with Gasteiger partial charge in [0.15, 0.2) is 0 Å². The van der Waals surface area contributed by atoms with Crippen molar-refractivity contribution >= 4 is 16.9 Å². The van der Waals surface area contributed by atoms with Crippen LogP contribution in [-0.2, 0) is 6.54 Å². The van der Waals surface area contributed by atoms with Crippen LogP contribution in [0, 0.1) is 0 Å². The van der Waals surface area contributed by atoms with Crippen molar-refractivity contribution in [3.63, 3.8) is 0 Å². The van der Waals surface area contributed by atoms with E-state index in [-0.39, 0.29) is 30.8 Å². The smallest absolute Gasteiger partial charge is 0.389 e. The number of nitrogens with one attached hydrogen (secondary N) is 1. The van der Waals surface area contributed by atoms with Crippen LogP contribution in [0.4, 0.5) is 13.2 Å². The lowest BCUT2D eigenvalue weighted by Gasteiger charge is -2.06. The molecule has 0 aliphatic heterocycles. The van der Waals surface area contributed by atoms with Crippen LogP contribution in [0.1, 0.15) is 29.0 Å². The zero-order chi connectivity index (χ0) is 15.5. The van der Waals surface area contributed by atoms with Crippen LogP contribution in [-0.4, -0.2) is 23.8 Å². The van der Waals surface area contributed by atoms with Crippen molar-refractivity contribution in [2.24, 2.45) is 0 Å². The third-order valence-electron chi connectivity index (χ3n) is 2.98. The fourth-order valence-electron chi connectivity index (χ4n) is 2.07. The molecule has 0 saturated carbocycles. The van der Waals surface area contributed by atoms with Crippen LogP contribution in [0.3, 0.4) is 0 Å². The van der Waals surface area contributed by atoms with E-state index in [1.165, 1.54) is 0 Å². The molecule has 0 bridgehead atoms. The zero-order valence-corrected chi connectivity index (χ0v) is 11.0. The second kappa shape index (κ2) is 6.17. The van der Waals surface area contributed by atoms with Crippen molar-refractivity contribution in [1.29, 1.82) is 0 Å². The van der Waals surface area contributed by atoms with Gasteiger partial charge >= 0.3 is 12.1 Å². The monoisotopic (exact) mass is 301 g/mol. The van der Waals surface area contributed by atoms with Gasteiger partial charge in [0, 0.05) is 11.8 Å². The first kappa shape index (κ1) is 15.4. The van der Waals surface area contributed by atoms with Gasteiger partial charge in [0.05, 0.1) is 6.54 Å². The van der Waals surface area contributed by atoms with E-state index in [4.69, 9.17) is 4.42 Å². The molecule has 0 spiro atoms. The van der Waals surface area contributed by atoms with Crippen LogP contribution in [0.15, 0.2) is 28.7 Å². The Morgan fingerprint density at radius 3 is 2.67 bits per heavy atom. The molecule has 4 nitrogen and oxygen atoms in total. The normalized spacial score (nSPS) is 12.0. The molecule has 2 aromatic rings. The average Bonchev–Trinajstić information content (AvgIpc) is 2.75. The largest absolute Gasteiger partial charge is 0.478 e. The lowest BCUT2D eigenvalue weighted by atomic mass is 10.1. The maximum Gasteiger partial charge on any atom is 0.389 e. The highest BCUT2D eigenvalue weighted by Gasteiger charge is 2.26. The summed E-state index contributed by atoms with van der Waals surface area (Å²) >= 11 is 0. The molecule has 2 N–H and O–H groups in total. The van der Waals surface area contributed by atoms with Gasteiger partial charge in [-0.1, -0.05) is 18.2 Å². The van der Waals surface area contributed by atoms with Crippen LogP contribution in [0.25, 0.3) is 11.0 Å². The number of alkyl halides is 3. The average molecular weight is 301 g/mol. The molecule has 0 radical (unpaired) electrons. The van der Waals surface area contributed by atoms with Gasteiger partial charge < -0.3 is 14.8 Å². The van der Waals surface area contributed by atoms with E-state index in [9.17, 15) is 23.1 Å². The molecule has 0 fully saturated rings. The van der Waals surface area contributed by atoms with Crippen LogP contribution >= 0.6 is 0 Å². The summed E-state index contributed by atoms with van der Waals surface area (Å²) in [4.78, 5) is 11.3. The van der Waals surface area contributed by atoms with E-state index in [1.54, 1.807) is 24.3 Å². The molecule has 1 heterocycles. The van der Waals surface area contributed by atoms with Crippen molar-refractivity contribution in [2.75, 3.05) is 6.54 Å². The zero-order valence-electron chi connectivity index (χ0n) is 11.0. The second-order valence-electron chi connectivity index (χ2n) is 4.60. The van der Waals surface area contributed by atoms with E-state index >= 15 is 0 Å². The lowest BCUT2D eigenvalue weighted by molar-refractivity contribution is -0.135. The predicted molar refractivity (Wildman–Crippen MR) is 70.2 cm³/mol. The Balaban J connectivity index is 2.02. The number of para-hydroxylation sites is 1. The SMILES string of the molecule is O=C(O)c1c(CNCCCC(F)(F)F)oc2ccccc12. The molecule has 0 unspecified atom stereocenters. The number of fused-ring (bicyclic) bond motifs is 1. The molecule has 0 aliphatic carbocycles. The predicted octanol–water partition coefficient (Wildman–Crippen LogP) is 3.56. The van der Waals surface area contributed by atoms with Crippen LogP contribution in [0.5, 0.6) is 0 Å². The molecule has 1 aromatic heterocycles. The van der Waals surface area contributed by atoms with Gasteiger partial charge in [-0.2, -0.15) is 13.2 Å². The maximum atomic E-state index is 12.0. The summed E-state index contributed by atoms with van der Waals surface area (Å²) in [7, 11) is 0. The molecular weight excluding hydrogens is 287 g/mol. The Bertz CT molecular complexity index is 634. The molecule has 7 heteroatoms. The summed E-state index contributed by atoms with van der Waals surface area (Å²) in [5.41, 5.74) is 0.496. The molecule has 2 rings (SSSR count). The summed E-state index contributed by atoms with van der Waals surface area (Å²) in [6.45, 7) is 0.212. The van der Waals surface area contributed by atoms with Crippen molar-refractivity contribution in [1.82, 2.24) is 5.32 Å². The minimum atomic E-state index is -4.17. The molecule has 0 aliphatic rings. The van der Waals surface area contributed by atoms with Crippen LogP contribution in [0.2, 0.25) is 0 Å². The van der Waals surface area contributed by atoms with E-state index in [0.717, 1.165) is 0 Å². The number of rotatable bonds is 6. The van der Waals surface area contributed by atoms with Gasteiger partial charge in [-0.05, 0) is 19.0 Å². The number of halogens is 3. The van der Waals surface area contributed by atoms with Gasteiger partial charge in [0.25, 0.3) is 0 Å². The van der Waals surface area contributed by atoms with Gasteiger partial charge in [-0.25, -0.2) is 4.79 Å². The number of carboxylic acids is 1. The minimum Gasteiger partial charge on any atom is -0.478 e. The Hall–Kier alpha value is -2.02. The van der Waals surface area contributed by atoms with E-state index < -0.39 is 18.6 Å². The van der Waals surface area contributed by atoms with E-state index in [0.29, 0.717) is 11.0 Å². The third kappa shape index (κ3) is 3.98. The minimum absolute atomic E-state index is 0.0499. The Morgan fingerprint density at radius 2 is 2.00 bits per heavy atom. The fraction of sp³-hybridized carbons (Fsp3) is 0.357. The summed E-state index contributed by atoms with van der Waals surface area (Å²) in [6, 6.07) is 6.70. The van der Waals surface area contributed by atoms with Gasteiger partial charge in [0.2, 0.25) is 0 Å². The summed E-state index contributed by atoms with van der Waals surface area (Å²) in [5.74, 6) is -0.900. The first-order valence-electron chi connectivity index (χ1n) is 6.39. The number of carbonyl (C=O) groups is 1. The Morgan fingerprint density at radius 1 is 1.29 bits per heavy atom. The maximum absolute atomic E-state index is 12.0. The molecular formula is C14H14F3NO3. The number of hydrogen-bond donors (Lipinski definition) is 2. The van der Waals surface area contributed by atoms with Gasteiger partial charge in [-0.3, -0.25) is 0 Å². The highest BCUT2D eigenvalue weighted by molar-refractivity contribution is 6.03. The summed E-state index contributed by atoms with van der Waals surface area (Å²) < 4.78 is 41.4. The van der Waals surface area contributed by atoms with Crippen molar-refractivity contribution in [3.05, 3.63) is 35.6 Å². The third-order valence-corrected chi connectivity index (χ3v) is 2.98. The number of hydrogen-bond acceptors (Lipinski definition) is 3. The molecule has 0 atom stereocenters. The standard InChI is InChI=1S/C14H14F3NO3/c15-14(16,17)6-3-7-18-8-11-12(13(19)20)9-4-1-2-5-10(9)21-11/h1-2,4-5,18H,3,6-8H2,(H,19,20). The molecule has 114 valence electrons. The van der Waals surface area contributed by atoms with Gasteiger partial charge in [-0.15, -0.1) is 0 Å². The van der Waals surface area contributed by atoms with Crippen molar-refractivity contribution in [3.8, 4) is 0 Å². The quantitative estimate of drug-likeness (QED) is 0.801. The first-order valence-corrected chi connectivity index (χ1v) is 6.39. The first-order chi connectivity index (χ1) is 9.88. The lowest BCUT2D eigenvalue weighted by Crippen LogP contribution is -2.18. The van der Waals surface area contributed by atoms with E-state index in [1.807, 2.05) is 0 Å². The topological polar surface area (TPSA) is 62.5 Å². The highest BCUT2D eigenvalue weighted by atomic mass is 19.4. The van der Waals surface area contributed by atoms with Crippen molar-refractivity contribution < 1.29 is 27.5 Å². The number of benzene rings is 1. The Kier molecular flexibility index (Phi) is 4.52. The van der Waals surface area contributed by atoms with Crippen molar-refractivity contribution in [2.45, 2.75) is 25.6 Å². The molecule has 1 aromatic carbocycles. The molecule has 0 saturated heterocycles. The number of carboxylic acid groups (broad SMARTS) is 1. The summed E-state index contributed by atoms with van der Waals surface area (Å²) in [6.07, 6.45) is -5.11. The number of furan rings is 1. The second-order valence-corrected chi connectivity index (χ2v) is 4.60. The van der Waals surface area contributed by atoms with E-state index in [2.05, 4.69) is 5.32 Å². The van der Waals surface area contributed by atoms with Gasteiger partial charge in [0.1, 0.15) is 16.9 Å². The van der Waals surface area contributed by atoms with Crippen LogP contribution < -0.4 is 5.32 Å². The fourth-order valence-corrected chi connectivity index (χ4v) is 2.07. The highest BCUT2D eigenvalue weighted by Crippen LogP contribution is 2.26. The Labute approximate surface area is 118 Å². The number of aromatic carboxylic acids is 1. The summed E-state index contributed by atoms with van der Waals surface area (Å²) in [5, 5.41) is 12.5. The molecule has 21 heavy (non-hydrogen) atoms.